The van der Waals surface area contributed by atoms with E-state index in [0.717, 1.165) is 18.8 Å². The summed E-state index contributed by atoms with van der Waals surface area (Å²) >= 11 is 0. The second-order valence-electron chi connectivity index (χ2n) is 3.46. The average Bonchev–Trinajstić information content (AvgIpc) is 1.94. The van der Waals surface area contributed by atoms with Gasteiger partial charge in [-0.3, -0.25) is 0 Å². The van der Waals surface area contributed by atoms with Crippen molar-refractivity contribution >= 4 is 0 Å². The summed E-state index contributed by atoms with van der Waals surface area (Å²) in [6.45, 7) is 6.39. The Morgan fingerprint density at radius 1 is 1.36 bits per heavy atom. The third-order valence-electron chi connectivity index (χ3n) is 2.49. The maximum Gasteiger partial charge on any atom is 0.0431 e. The molecule has 0 aromatic carbocycles. The highest BCUT2D eigenvalue weighted by Crippen LogP contribution is 2.18. The van der Waals surface area contributed by atoms with Crippen LogP contribution in [0.4, 0.5) is 0 Å². The van der Waals surface area contributed by atoms with E-state index in [-0.39, 0.29) is 0 Å². The van der Waals surface area contributed by atoms with Gasteiger partial charge in [0.15, 0.2) is 0 Å². The van der Waals surface area contributed by atoms with Crippen molar-refractivity contribution in [2.75, 3.05) is 26.2 Å². The smallest absolute Gasteiger partial charge is 0.0431 e. The topological polar surface area (TPSA) is 23.5 Å². The van der Waals surface area contributed by atoms with Crippen molar-refractivity contribution in [2.45, 2.75) is 26.2 Å². The van der Waals surface area contributed by atoms with Gasteiger partial charge in [0, 0.05) is 19.7 Å². The van der Waals surface area contributed by atoms with Crippen molar-refractivity contribution in [3.05, 3.63) is 0 Å². The second-order valence-corrected chi connectivity index (χ2v) is 3.46. The van der Waals surface area contributed by atoms with Crippen LogP contribution in [-0.2, 0) is 0 Å². The van der Waals surface area contributed by atoms with E-state index in [9.17, 15) is 0 Å². The molecule has 0 atom stereocenters. The number of unbranched alkanes of at least 4 members (excludes halogenated alkanes) is 1. The molecule has 0 aliphatic carbocycles. The molecule has 1 N–H and O–H groups in total. The number of hydrogen-bond acceptors (Lipinski definition) is 2. The van der Waals surface area contributed by atoms with Crippen molar-refractivity contribution in [1.29, 1.82) is 0 Å². The highest BCUT2D eigenvalue weighted by molar-refractivity contribution is 4.77. The lowest BCUT2D eigenvalue weighted by atomic mass is 9.97. The molecule has 1 aliphatic rings. The predicted octanol–water partition coefficient (Wildman–Crippen LogP) is 1.10. The van der Waals surface area contributed by atoms with Gasteiger partial charge in [-0.15, -0.1) is 0 Å². The van der Waals surface area contributed by atoms with Crippen molar-refractivity contribution in [2.24, 2.45) is 5.92 Å². The minimum Gasteiger partial charge on any atom is -0.396 e. The third-order valence-corrected chi connectivity index (χ3v) is 2.49. The second kappa shape index (κ2) is 4.73. The molecule has 0 unspecified atom stereocenters. The quantitative estimate of drug-likeness (QED) is 0.604. The molecule has 1 saturated heterocycles. The van der Waals surface area contributed by atoms with Crippen molar-refractivity contribution in [3.63, 3.8) is 0 Å². The minimum absolute atomic E-state index is 0.352. The van der Waals surface area contributed by atoms with Gasteiger partial charge in [-0.1, -0.05) is 13.3 Å². The Hall–Kier alpha value is -0.0800. The van der Waals surface area contributed by atoms with Crippen LogP contribution in [0.1, 0.15) is 26.2 Å². The first kappa shape index (κ1) is 9.01. The number of aliphatic hydroxyl groups excluding tert-OH is 1. The van der Waals surface area contributed by atoms with E-state index >= 15 is 0 Å². The van der Waals surface area contributed by atoms with Gasteiger partial charge in [-0.05, 0) is 25.3 Å². The van der Waals surface area contributed by atoms with Gasteiger partial charge >= 0.3 is 0 Å². The molecular weight excluding hydrogens is 138 g/mol. The first-order valence-corrected chi connectivity index (χ1v) is 4.70. The summed E-state index contributed by atoms with van der Waals surface area (Å²) in [5.41, 5.74) is 0. The van der Waals surface area contributed by atoms with Gasteiger partial charge in [0.1, 0.15) is 0 Å². The van der Waals surface area contributed by atoms with Crippen LogP contribution in [0.2, 0.25) is 0 Å². The summed E-state index contributed by atoms with van der Waals surface area (Å²) in [5, 5.41) is 8.55. The zero-order valence-corrected chi connectivity index (χ0v) is 7.42. The lowest BCUT2D eigenvalue weighted by molar-refractivity contribution is 0.0938. The lowest BCUT2D eigenvalue weighted by Gasteiger charge is -2.38. The Morgan fingerprint density at radius 2 is 2.09 bits per heavy atom. The van der Waals surface area contributed by atoms with Crippen LogP contribution < -0.4 is 0 Å². The molecule has 0 bridgehead atoms. The summed E-state index contributed by atoms with van der Waals surface area (Å²) in [4.78, 5) is 2.48. The first-order chi connectivity index (χ1) is 5.36. The number of likely N-dealkylation sites (tertiary alicyclic amines) is 1. The fraction of sp³-hybridized carbons (Fsp3) is 1.00. The highest BCUT2D eigenvalue weighted by atomic mass is 16.2. The molecule has 0 saturated carbocycles. The maximum atomic E-state index is 8.55. The fourth-order valence-corrected chi connectivity index (χ4v) is 1.56. The Balaban J connectivity index is 1.88. The summed E-state index contributed by atoms with van der Waals surface area (Å²) in [6.07, 6.45) is 3.46. The van der Waals surface area contributed by atoms with E-state index in [2.05, 4.69) is 11.8 Å². The molecule has 0 spiro atoms. The summed E-state index contributed by atoms with van der Waals surface area (Å²) in [7, 11) is 0. The number of rotatable bonds is 5. The molecule has 66 valence electrons. The average molecular weight is 157 g/mol. The van der Waals surface area contributed by atoms with Crippen LogP contribution in [0.25, 0.3) is 0 Å². The number of nitrogens with zero attached hydrogens (tertiary/aromatic N) is 1. The van der Waals surface area contributed by atoms with Gasteiger partial charge in [0.25, 0.3) is 0 Å². The van der Waals surface area contributed by atoms with E-state index < -0.39 is 0 Å². The first-order valence-electron chi connectivity index (χ1n) is 4.70. The molecule has 0 aromatic rings. The molecule has 2 heteroatoms. The zero-order chi connectivity index (χ0) is 8.10. The SMILES string of the molecule is CCC1CN(CCCCO)C1. The third kappa shape index (κ3) is 2.80. The van der Waals surface area contributed by atoms with Crippen LogP contribution in [0, 0.1) is 5.92 Å². The van der Waals surface area contributed by atoms with Crippen LogP contribution in [-0.4, -0.2) is 36.2 Å². The fourth-order valence-electron chi connectivity index (χ4n) is 1.56. The molecule has 2 nitrogen and oxygen atoms in total. The van der Waals surface area contributed by atoms with Crippen LogP contribution in [0.5, 0.6) is 0 Å². The Bertz CT molecular complexity index is 99.7. The molecule has 1 aliphatic heterocycles. The van der Waals surface area contributed by atoms with Gasteiger partial charge < -0.3 is 10.0 Å². The van der Waals surface area contributed by atoms with E-state index in [4.69, 9.17) is 5.11 Å². The van der Waals surface area contributed by atoms with Gasteiger partial charge in [0.05, 0.1) is 0 Å². The Kier molecular flexibility index (Phi) is 3.87. The molecule has 1 rings (SSSR count). The monoisotopic (exact) mass is 157 g/mol. The lowest BCUT2D eigenvalue weighted by Crippen LogP contribution is -2.46. The van der Waals surface area contributed by atoms with Gasteiger partial charge in [-0.25, -0.2) is 0 Å². The maximum absolute atomic E-state index is 8.55. The van der Waals surface area contributed by atoms with Gasteiger partial charge in [0.2, 0.25) is 0 Å². The molecule has 1 heterocycles. The normalized spacial score (nSPS) is 20.2. The van der Waals surface area contributed by atoms with Crippen LogP contribution in [0.15, 0.2) is 0 Å². The minimum atomic E-state index is 0.352. The van der Waals surface area contributed by atoms with E-state index in [1.165, 1.54) is 26.1 Å². The van der Waals surface area contributed by atoms with Crippen LogP contribution >= 0.6 is 0 Å². The van der Waals surface area contributed by atoms with Gasteiger partial charge in [-0.2, -0.15) is 0 Å². The standard InChI is InChI=1S/C9H19NO/c1-2-9-7-10(8-9)5-3-4-6-11/h9,11H,2-8H2,1H3. The molecule has 11 heavy (non-hydrogen) atoms. The Labute approximate surface area is 69.2 Å². The molecule has 0 radical (unpaired) electrons. The van der Waals surface area contributed by atoms with Crippen molar-refractivity contribution in [1.82, 2.24) is 4.90 Å². The molecule has 0 amide bonds. The highest BCUT2D eigenvalue weighted by Gasteiger charge is 2.23. The van der Waals surface area contributed by atoms with Crippen molar-refractivity contribution < 1.29 is 5.11 Å². The van der Waals surface area contributed by atoms with Crippen molar-refractivity contribution in [3.8, 4) is 0 Å². The van der Waals surface area contributed by atoms with Crippen LogP contribution in [0.3, 0.4) is 0 Å². The number of hydrogen-bond donors (Lipinski definition) is 1. The van der Waals surface area contributed by atoms with E-state index in [0.29, 0.717) is 6.61 Å². The predicted molar refractivity (Wildman–Crippen MR) is 46.5 cm³/mol. The molecule has 0 aromatic heterocycles. The van der Waals surface area contributed by atoms with E-state index in [1.54, 1.807) is 0 Å². The zero-order valence-electron chi connectivity index (χ0n) is 7.42. The summed E-state index contributed by atoms with van der Waals surface area (Å²) in [5.74, 6) is 0.962. The van der Waals surface area contributed by atoms with E-state index in [1.807, 2.05) is 0 Å². The summed E-state index contributed by atoms with van der Waals surface area (Å²) in [6, 6.07) is 0. The largest absolute Gasteiger partial charge is 0.396 e. The summed E-state index contributed by atoms with van der Waals surface area (Å²) < 4.78 is 0. The Morgan fingerprint density at radius 3 is 2.64 bits per heavy atom. The number of aliphatic hydroxyl groups is 1. The molecule has 1 fully saturated rings. The molecular formula is C9H19NO.